The molecule has 0 N–H and O–H groups in total. The summed E-state index contributed by atoms with van der Waals surface area (Å²) in [4.78, 5) is 28.1. The highest BCUT2D eigenvalue weighted by molar-refractivity contribution is 9.12. The van der Waals surface area contributed by atoms with E-state index in [-0.39, 0.29) is 20.8 Å². The fourth-order valence-electron chi connectivity index (χ4n) is 4.55. The number of fused-ring (bicyclic) bond motifs is 2. The number of benzene rings is 2. The Balaban J connectivity index is 0.000000227. The molecule has 10 nitrogen and oxygen atoms in total. The topological polar surface area (TPSA) is 129 Å². The lowest BCUT2D eigenvalue weighted by Gasteiger charge is -2.28. The average Bonchev–Trinajstić information content (AvgIpc) is 3.73. The standard InChI is InChI=1S/C18H20BrNO4S.C9H7BrO2S.C9H13NO2/c1-11-5-7-12(8-6-11)25(22,23)16-14-10-9-13(15(16)19)20(14)17(21)24-18(2,3)4;1-8-2-4-9(5-3-8)13(11,12)7-6-10;1-9(2,3)12-8(11)10-6-4-5-7-10/h5-10,13-14H,1-4H3;2-5H,1H3;4-7H,1-3H3. The molecule has 2 bridgehead atoms. The summed E-state index contributed by atoms with van der Waals surface area (Å²) in [5.74, 6) is 0. The minimum atomic E-state index is -3.71. The van der Waals surface area contributed by atoms with Crippen molar-refractivity contribution >= 4 is 63.7 Å². The normalized spacial score (nSPS) is 16.7. The number of aromatic nitrogens is 1. The molecular weight excluding hydrogens is 812 g/mol. The van der Waals surface area contributed by atoms with Gasteiger partial charge in [0, 0.05) is 38.1 Å². The highest BCUT2D eigenvalue weighted by Crippen LogP contribution is 2.45. The second kappa shape index (κ2) is 16.1. The molecule has 3 heterocycles. The maximum absolute atomic E-state index is 13.1. The van der Waals surface area contributed by atoms with E-state index in [0.717, 1.165) is 11.1 Å². The third-order valence-electron chi connectivity index (χ3n) is 6.78. The number of ether oxygens (including phenoxy) is 2. The largest absolute Gasteiger partial charge is 0.444 e. The number of carbonyl (C=O) groups is 2. The van der Waals surface area contributed by atoms with Crippen LogP contribution in [0, 0.1) is 23.9 Å². The molecule has 1 aromatic heterocycles. The molecule has 3 aromatic rings. The van der Waals surface area contributed by atoms with E-state index in [9.17, 15) is 26.4 Å². The van der Waals surface area contributed by atoms with E-state index in [1.54, 1.807) is 99.9 Å². The number of carbonyl (C=O) groups excluding carboxylic acids is 2. The van der Waals surface area contributed by atoms with Gasteiger partial charge in [-0.2, -0.15) is 0 Å². The zero-order chi connectivity index (χ0) is 37.7. The number of halogens is 2. The van der Waals surface area contributed by atoms with Crippen LogP contribution in [0.15, 0.2) is 104 Å². The molecule has 14 heteroatoms. The van der Waals surface area contributed by atoms with Crippen molar-refractivity contribution in [3.05, 3.63) is 106 Å². The van der Waals surface area contributed by atoms with Crippen molar-refractivity contribution in [1.82, 2.24) is 9.47 Å². The van der Waals surface area contributed by atoms with Crippen LogP contribution in [0.4, 0.5) is 9.59 Å². The fraction of sp³-hybridized carbons (Fsp3) is 0.333. The summed E-state index contributed by atoms with van der Waals surface area (Å²) >= 11 is 6.15. The third kappa shape index (κ3) is 10.7. The molecule has 0 aliphatic carbocycles. The van der Waals surface area contributed by atoms with E-state index >= 15 is 0 Å². The van der Waals surface area contributed by atoms with Crippen LogP contribution in [-0.2, 0) is 29.1 Å². The Hall–Kier alpha value is -3.64. The van der Waals surface area contributed by atoms with E-state index in [0.29, 0.717) is 4.48 Å². The highest BCUT2D eigenvalue weighted by Gasteiger charge is 2.50. The Morgan fingerprint density at radius 2 is 1.16 bits per heavy atom. The van der Waals surface area contributed by atoms with Crippen molar-refractivity contribution in [2.45, 2.75) is 88.5 Å². The van der Waals surface area contributed by atoms with Crippen molar-refractivity contribution in [3.63, 3.8) is 0 Å². The monoisotopic (exact) mass is 850 g/mol. The number of amides is 1. The Labute approximate surface area is 311 Å². The molecule has 2 aliphatic heterocycles. The van der Waals surface area contributed by atoms with Crippen LogP contribution in [0.3, 0.4) is 0 Å². The molecule has 0 spiro atoms. The van der Waals surface area contributed by atoms with Gasteiger partial charge in [-0.3, -0.25) is 9.47 Å². The van der Waals surface area contributed by atoms with Crippen LogP contribution in [0.5, 0.6) is 0 Å². The van der Waals surface area contributed by atoms with E-state index in [1.807, 2.05) is 40.7 Å². The summed E-state index contributed by atoms with van der Waals surface area (Å²) in [6.07, 6.45) is 6.00. The molecule has 268 valence electrons. The summed E-state index contributed by atoms with van der Waals surface area (Å²) in [7, 11) is -7.15. The van der Waals surface area contributed by atoms with Gasteiger partial charge in [0.15, 0.2) is 0 Å². The first-order valence-corrected chi connectivity index (χ1v) is 19.8. The van der Waals surface area contributed by atoms with Crippen LogP contribution in [0.25, 0.3) is 0 Å². The number of hydrogen-bond donors (Lipinski definition) is 0. The Bertz CT molecular complexity index is 2030. The van der Waals surface area contributed by atoms with Crippen molar-refractivity contribution in [2.75, 3.05) is 0 Å². The molecule has 2 aromatic carbocycles. The van der Waals surface area contributed by atoms with E-state index in [4.69, 9.17) is 9.47 Å². The number of rotatable bonds is 3. The Morgan fingerprint density at radius 1 is 0.720 bits per heavy atom. The Morgan fingerprint density at radius 3 is 1.62 bits per heavy atom. The van der Waals surface area contributed by atoms with Gasteiger partial charge < -0.3 is 9.47 Å². The molecule has 5 rings (SSSR count). The van der Waals surface area contributed by atoms with Crippen LogP contribution >= 0.6 is 31.9 Å². The van der Waals surface area contributed by atoms with Gasteiger partial charge in [0.2, 0.25) is 19.7 Å². The molecule has 50 heavy (non-hydrogen) atoms. The quantitative estimate of drug-likeness (QED) is 0.190. The zero-order valence-electron chi connectivity index (χ0n) is 29.0. The molecular formula is C36H40Br2N2O8S2. The van der Waals surface area contributed by atoms with E-state index in [1.165, 1.54) is 9.47 Å². The lowest BCUT2D eigenvalue weighted by Crippen LogP contribution is -2.42. The van der Waals surface area contributed by atoms with E-state index in [2.05, 4.69) is 41.9 Å². The van der Waals surface area contributed by atoms with Crippen molar-refractivity contribution in [2.24, 2.45) is 0 Å². The van der Waals surface area contributed by atoms with Gasteiger partial charge in [0.1, 0.15) is 11.2 Å². The van der Waals surface area contributed by atoms with Crippen molar-refractivity contribution < 1.29 is 35.9 Å². The zero-order valence-corrected chi connectivity index (χ0v) is 33.8. The fourth-order valence-corrected chi connectivity index (χ4v) is 8.78. The summed E-state index contributed by atoms with van der Waals surface area (Å²) in [6, 6.07) is 15.7. The second-order valence-corrected chi connectivity index (χ2v) is 18.1. The van der Waals surface area contributed by atoms with Gasteiger partial charge in [0.05, 0.1) is 26.8 Å². The van der Waals surface area contributed by atoms with Gasteiger partial charge in [-0.1, -0.05) is 63.5 Å². The first-order valence-electron chi connectivity index (χ1n) is 15.3. The highest BCUT2D eigenvalue weighted by atomic mass is 79.9. The van der Waals surface area contributed by atoms with Gasteiger partial charge in [-0.05, 0) is 96.6 Å². The van der Waals surface area contributed by atoms with Crippen LogP contribution < -0.4 is 0 Å². The summed E-state index contributed by atoms with van der Waals surface area (Å²) in [5.41, 5.74) is 0.920. The average molecular weight is 853 g/mol. The smallest absolute Gasteiger partial charge is 0.418 e. The van der Waals surface area contributed by atoms with E-state index < -0.39 is 49.1 Å². The predicted molar refractivity (Wildman–Crippen MR) is 200 cm³/mol. The minimum Gasteiger partial charge on any atom is -0.444 e. The molecule has 0 saturated carbocycles. The summed E-state index contributed by atoms with van der Waals surface area (Å²) in [6.45, 7) is 14.7. The van der Waals surface area contributed by atoms with Crippen molar-refractivity contribution in [3.8, 4) is 10.1 Å². The predicted octanol–water partition coefficient (Wildman–Crippen LogP) is 8.29. The molecule has 0 fully saturated rings. The number of hydrogen-bond acceptors (Lipinski definition) is 8. The first kappa shape index (κ1) is 40.8. The minimum absolute atomic E-state index is 0.203. The third-order valence-corrected chi connectivity index (χ3v) is 11.6. The van der Waals surface area contributed by atoms with Crippen molar-refractivity contribution in [1.29, 1.82) is 0 Å². The summed E-state index contributed by atoms with van der Waals surface area (Å²) in [5, 5.41) is 2.10. The van der Waals surface area contributed by atoms with Crippen LogP contribution in [-0.4, -0.2) is 61.8 Å². The van der Waals surface area contributed by atoms with Crippen LogP contribution in [0.2, 0.25) is 0 Å². The lowest BCUT2D eigenvalue weighted by atomic mass is 10.2. The molecule has 1 amide bonds. The maximum Gasteiger partial charge on any atom is 0.418 e. The van der Waals surface area contributed by atoms with Gasteiger partial charge in [-0.25, -0.2) is 26.4 Å². The molecule has 2 aliphatic rings. The molecule has 0 saturated heterocycles. The van der Waals surface area contributed by atoms with Gasteiger partial charge >= 0.3 is 12.2 Å². The maximum atomic E-state index is 13.1. The lowest BCUT2D eigenvalue weighted by molar-refractivity contribution is 0.0243. The molecule has 2 unspecified atom stereocenters. The van der Waals surface area contributed by atoms with Crippen LogP contribution in [0.1, 0.15) is 52.7 Å². The first-order chi connectivity index (χ1) is 23.1. The number of aryl methyl sites for hydroxylation is 2. The summed E-state index contributed by atoms with van der Waals surface area (Å²) < 4.78 is 61.3. The Kier molecular flexibility index (Phi) is 13.2. The number of sulfone groups is 2. The SMILES string of the molecule is CC(C)(C)OC(=O)n1cccc1.Cc1ccc(S(=O)(=O)C#CBr)cc1.Cc1ccc(S(=O)(=O)C2=C(Br)C3C=CC2N3C(=O)OC(C)(C)C)cc1. The molecule has 0 radical (unpaired) electrons. The number of nitrogens with zero attached hydrogens (tertiary/aromatic N) is 2. The second-order valence-electron chi connectivity index (χ2n) is 13.3. The van der Waals surface area contributed by atoms with Gasteiger partial charge in [0.25, 0.3) is 0 Å². The molecule has 2 atom stereocenters. The van der Waals surface area contributed by atoms with Gasteiger partial charge in [-0.15, -0.1) is 0 Å².